The number of hydrogen-bond donors (Lipinski definition) is 5. The van der Waals surface area contributed by atoms with Crippen LogP contribution in [0.5, 0.6) is 0 Å². The normalized spacial score (nSPS) is 9.65. The number of benzene rings is 3. The molecule has 0 spiro atoms. The third-order valence-corrected chi connectivity index (χ3v) is 5.24. The molecule has 10 nitrogen and oxygen atoms in total. The van der Waals surface area contributed by atoms with Gasteiger partial charge in [-0.15, -0.1) is 0 Å². The number of nitrogens with two attached hydrogens (primary N) is 3. The fraction of sp³-hybridized carbons (Fsp3) is 0.0417. The molecule has 1 heterocycles. The smallest absolute Gasteiger partial charge is 0.251 e. The first-order chi connectivity index (χ1) is 16.5. The average molecular weight is 564 g/mol. The van der Waals surface area contributed by atoms with Crippen molar-refractivity contribution in [1.82, 2.24) is 9.78 Å². The van der Waals surface area contributed by atoms with Crippen molar-refractivity contribution >= 4 is 44.8 Å². The summed E-state index contributed by atoms with van der Waals surface area (Å²) in [5.74, 6) is 0. The zero-order chi connectivity index (χ0) is 26.0. The van der Waals surface area contributed by atoms with Crippen molar-refractivity contribution in [2.45, 2.75) is 12.3 Å². The molecular formula is C24H29N5O5S3. The maximum absolute atomic E-state index is 12.1. The summed E-state index contributed by atoms with van der Waals surface area (Å²) in [6, 6.07) is 26.1. The van der Waals surface area contributed by atoms with Crippen LogP contribution in [0.4, 0.5) is 0 Å². The lowest BCUT2D eigenvalue weighted by atomic mass is 10.0. The Morgan fingerprint density at radius 3 is 1.70 bits per heavy atom. The van der Waals surface area contributed by atoms with Gasteiger partial charge >= 0.3 is 0 Å². The summed E-state index contributed by atoms with van der Waals surface area (Å²) in [5.41, 5.74) is 12.5. The Hall–Kier alpha value is -3.88. The van der Waals surface area contributed by atoms with Gasteiger partial charge in [0.1, 0.15) is 5.69 Å². The SMILES string of the molecule is C.NC(O)=S.NC(O)=S.NS(=O)(=O)c1ccccc1-c1nn(-c2ccccc2)cc1-c1ccccc1.O. The Labute approximate surface area is 226 Å². The van der Waals surface area contributed by atoms with Crippen LogP contribution in [0, 0.1) is 0 Å². The standard InChI is InChI=1S/C21H17N3O2S.2CH3NOS.CH4.H2O/c22-27(25,26)20-14-8-7-13-18(20)21-19(16-9-3-1-4-10-16)15-24(23-21)17-11-5-2-6-12-17;2*2-1(3)4;;/h1-15H,(H2,22,25,26);2*(H3,2,3,4);1H4;1H2. The van der Waals surface area contributed by atoms with Crippen molar-refractivity contribution in [3.05, 3.63) is 91.1 Å². The van der Waals surface area contributed by atoms with Gasteiger partial charge < -0.3 is 27.2 Å². The number of aliphatic hydroxyl groups excluding tert-OH is 2. The molecule has 4 rings (SSSR count). The molecule has 0 saturated carbocycles. The van der Waals surface area contributed by atoms with E-state index in [0.29, 0.717) is 11.3 Å². The van der Waals surface area contributed by atoms with Crippen LogP contribution in [0.15, 0.2) is 96.0 Å². The average Bonchev–Trinajstić information content (AvgIpc) is 3.24. The molecule has 0 aliphatic carbocycles. The minimum absolute atomic E-state index is 0. The van der Waals surface area contributed by atoms with Gasteiger partial charge in [-0.3, -0.25) is 0 Å². The number of para-hydroxylation sites is 1. The van der Waals surface area contributed by atoms with E-state index in [0.717, 1.165) is 16.8 Å². The van der Waals surface area contributed by atoms with Crippen molar-refractivity contribution < 1.29 is 24.1 Å². The first-order valence-corrected chi connectivity index (χ1v) is 12.2. The van der Waals surface area contributed by atoms with Crippen LogP contribution in [-0.2, 0) is 10.0 Å². The molecule has 13 heteroatoms. The number of rotatable bonds is 4. The molecular weight excluding hydrogens is 534 g/mol. The van der Waals surface area contributed by atoms with E-state index < -0.39 is 20.4 Å². The number of aromatic nitrogens is 2. The predicted octanol–water partition coefficient (Wildman–Crippen LogP) is 3.24. The Morgan fingerprint density at radius 2 is 1.22 bits per heavy atom. The Kier molecular flexibility index (Phi) is 13.7. The van der Waals surface area contributed by atoms with Crippen molar-refractivity contribution in [3.8, 4) is 28.1 Å². The molecule has 3 aromatic carbocycles. The minimum Gasteiger partial charge on any atom is -0.487 e. The van der Waals surface area contributed by atoms with Gasteiger partial charge in [-0.2, -0.15) is 5.10 Å². The van der Waals surface area contributed by atoms with Gasteiger partial charge in [0.05, 0.1) is 10.6 Å². The summed E-state index contributed by atoms with van der Waals surface area (Å²) < 4.78 is 25.9. The lowest BCUT2D eigenvalue weighted by molar-refractivity contribution is 0.559. The highest BCUT2D eigenvalue weighted by molar-refractivity contribution is 7.89. The second-order valence-electron chi connectivity index (χ2n) is 6.76. The number of sulfonamides is 1. The predicted molar refractivity (Wildman–Crippen MR) is 155 cm³/mol. The number of aliphatic hydroxyl groups is 2. The van der Waals surface area contributed by atoms with E-state index in [2.05, 4.69) is 35.9 Å². The molecule has 0 aliphatic rings. The quantitative estimate of drug-likeness (QED) is 0.231. The Balaban J connectivity index is 0.00000115. The van der Waals surface area contributed by atoms with Crippen LogP contribution in [0.3, 0.4) is 0 Å². The third kappa shape index (κ3) is 10.3. The highest BCUT2D eigenvalue weighted by atomic mass is 32.2. The van der Waals surface area contributed by atoms with Crippen LogP contribution < -0.4 is 16.6 Å². The maximum Gasteiger partial charge on any atom is 0.251 e. The highest BCUT2D eigenvalue weighted by Crippen LogP contribution is 2.35. The van der Waals surface area contributed by atoms with E-state index in [1.807, 2.05) is 66.9 Å². The molecule has 198 valence electrons. The van der Waals surface area contributed by atoms with Gasteiger partial charge in [0, 0.05) is 17.3 Å². The summed E-state index contributed by atoms with van der Waals surface area (Å²) in [5, 5.41) is 24.3. The van der Waals surface area contributed by atoms with E-state index in [-0.39, 0.29) is 17.8 Å². The first kappa shape index (κ1) is 33.1. The number of hydrogen-bond acceptors (Lipinski definition) is 5. The topological polar surface area (TPSA) is 202 Å². The monoisotopic (exact) mass is 563 g/mol. The number of thiocarbonyl (C=S) groups is 2. The lowest BCUT2D eigenvalue weighted by Gasteiger charge is -2.07. The molecule has 4 aromatic rings. The van der Waals surface area contributed by atoms with Gasteiger partial charge in [-0.25, -0.2) is 18.2 Å². The Bertz CT molecular complexity index is 1380. The first-order valence-electron chi connectivity index (χ1n) is 9.80. The van der Waals surface area contributed by atoms with Crippen molar-refractivity contribution in [2.24, 2.45) is 16.6 Å². The molecule has 0 saturated heterocycles. The van der Waals surface area contributed by atoms with Crippen LogP contribution in [0.25, 0.3) is 28.1 Å². The van der Waals surface area contributed by atoms with Crippen molar-refractivity contribution in [1.29, 1.82) is 0 Å². The number of nitrogens with zero attached hydrogens (tertiary/aromatic N) is 2. The molecule has 37 heavy (non-hydrogen) atoms. The maximum atomic E-state index is 12.1. The largest absolute Gasteiger partial charge is 0.487 e. The van der Waals surface area contributed by atoms with Crippen molar-refractivity contribution in [3.63, 3.8) is 0 Å². The van der Waals surface area contributed by atoms with E-state index in [9.17, 15) is 8.42 Å². The van der Waals surface area contributed by atoms with Crippen LogP contribution >= 0.6 is 24.4 Å². The minimum atomic E-state index is -3.89. The van der Waals surface area contributed by atoms with Crippen LogP contribution in [0.2, 0.25) is 0 Å². The molecule has 1 aromatic heterocycles. The fourth-order valence-electron chi connectivity index (χ4n) is 3.03. The Morgan fingerprint density at radius 1 is 0.784 bits per heavy atom. The summed E-state index contributed by atoms with van der Waals surface area (Å²) in [6.07, 6.45) is 1.90. The summed E-state index contributed by atoms with van der Waals surface area (Å²) in [6.45, 7) is 0. The molecule has 0 atom stereocenters. The van der Waals surface area contributed by atoms with Gasteiger partial charge in [0.15, 0.2) is 0 Å². The van der Waals surface area contributed by atoms with Gasteiger partial charge in [-0.1, -0.05) is 74.2 Å². The third-order valence-electron chi connectivity index (χ3n) is 4.27. The van der Waals surface area contributed by atoms with Gasteiger partial charge in [0.25, 0.3) is 10.3 Å². The van der Waals surface area contributed by atoms with E-state index >= 15 is 0 Å². The summed E-state index contributed by atoms with van der Waals surface area (Å²) >= 11 is 7.74. The van der Waals surface area contributed by atoms with Crippen LogP contribution in [0.1, 0.15) is 7.43 Å². The molecule has 0 amide bonds. The highest BCUT2D eigenvalue weighted by Gasteiger charge is 2.21. The van der Waals surface area contributed by atoms with E-state index in [4.69, 9.17) is 20.5 Å². The van der Waals surface area contributed by atoms with Gasteiger partial charge in [0.2, 0.25) is 10.0 Å². The van der Waals surface area contributed by atoms with Crippen LogP contribution in [-0.4, -0.2) is 44.2 Å². The second-order valence-corrected chi connectivity index (χ2v) is 9.12. The molecule has 0 unspecified atom stereocenters. The van der Waals surface area contributed by atoms with Gasteiger partial charge in [-0.05, 0) is 48.2 Å². The molecule has 10 N–H and O–H groups in total. The summed E-state index contributed by atoms with van der Waals surface area (Å²) in [4.78, 5) is 0.0560. The van der Waals surface area contributed by atoms with Crippen molar-refractivity contribution in [2.75, 3.05) is 0 Å². The second kappa shape index (κ2) is 15.3. The molecule has 0 bridgehead atoms. The molecule has 0 radical (unpaired) electrons. The molecule has 0 aliphatic heterocycles. The van der Waals surface area contributed by atoms with E-state index in [1.54, 1.807) is 22.9 Å². The van der Waals surface area contributed by atoms with E-state index in [1.165, 1.54) is 6.07 Å². The fourth-order valence-corrected chi connectivity index (χ4v) is 3.76. The zero-order valence-corrected chi connectivity index (χ0v) is 21.2. The lowest BCUT2D eigenvalue weighted by Crippen LogP contribution is -2.13. The zero-order valence-electron chi connectivity index (χ0n) is 18.7. The summed E-state index contributed by atoms with van der Waals surface area (Å²) in [7, 11) is -3.89. The molecule has 0 fully saturated rings. The number of primary sulfonamides is 1.